The normalized spacial score (nSPS) is 12.4. The molecule has 4 nitrogen and oxygen atoms in total. The summed E-state index contributed by atoms with van der Waals surface area (Å²) < 4.78 is 6.08. The fourth-order valence-corrected chi connectivity index (χ4v) is 3.68. The van der Waals surface area contributed by atoms with E-state index in [2.05, 4.69) is 66.7 Å². The van der Waals surface area contributed by atoms with Crippen molar-refractivity contribution in [3.05, 3.63) is 89.8 Å². The molecule has 0 amide bonds. The van der Waals surface area contributed by atoms with Gasteiger partial charge in [0.15, 0.2) is 0 Å². The Hall–Kier alpha value is -2.95. The Morgan fingerprint density at radius 3 is 2.46 bits per heavy atom. The van der Waals surface area contributed by atoms with E-state index >= 15 is 0 Å². The first-order valence-electron chi connectivity index (χ1n) is 9.76. The minimum atomic E-state index is 0.648. The molecule has 0 saturated heterocycles. The number of hydrogen-bond donors (Lipinski definition) is 2. The van der Waals surface area contributed by atoms with Crippen LogP contribution >= 0.6 is 0 Å². The van der Waals surface area contributed by atoms with Crippen LogP contribution < -0.4 is 10.6 Å². The van der Waals surface area contributed by atoms with Gasteiger partial charge in [0.05, 0.1) is 6.54 Å². The van der Waals surface area contributed by atoms with Crippen molar-refractivity contribution >= 4 is 10.8 Å². The summed E-state index contributed by atoms with van der Waals surface area (Å²) in [6, 6.07) is 25.1. The van der Waals surface area contributed by atoms with Crippen LogP contribution in [0.1, 0.15) is 17.0 Å². The smallest absolute Gasteiger partial charge is 0.227 e. The van der Waals surface area contributed by atoms with E-state index in [1.807, 2.05) is 13.0 Å². The number of oxazole rings is 1. The van der Waals surface area contributed by atoms with Gasteiger partial charge in [-0.3, -0.25) is 0 Å². The Balaban J connectivity index is 1.61. The van der Waals surface area contributed by atoms with Crippen molar-refractivity contribution < 1.29 is 9.32 Å². The molecule has 0 radical (unpaired) electrons. The average molecular weight is 372 g/mol. The molecule has 4 heteroatoms. The van der Waals surface area contributed by atoms with Crippen molar-refractivity contribution in [1.82, 2.24) is 4.98 Å². The summed E-state index contributed by atoms with van der Waals surface area (Å²) in [5.74, 6) is 1.57. The molecule has 0 aliphatic carbocycles. The van der Waals surface area contributed by atoms with Gasteiger partial charge in [-0.05, 0) is 23.8 Å². The highest BCUT2D eigenvalue weighted by atomic mass is 16.4. The van der Waals surface area contributed by atoms with Gasteiger partial charge < -0.3 is 15.1 Å². The van der Waals surface area contributed by atoms with E-state index in [1.54, 1.807) is 0 Å². The van der Waals surface area contributed by atoms with Crippen molar-refractivity contribution in [1.29, 1.82) is 0 Å². The van der Waals surface area contributed by atoms with Gasteiger partial charge in [-0.2, -0.15) is 0 Å². The van der Waals surface area contributed by atoms with Crippen molar-refractivity contribution in [3.63, 3.8) is 0 Å². The first-order valence-corrected chi connectivity index (χ1v) is 9.76. The van der Waals surface area contributed by atoms with Crippen LogP contribution in [0.4, 0.5) is 0 Å². The van der Waals surface area contributed by atoms with E-state index in [9.17, 15) is 0 Å². The maximum Gasteiger partial charge on any atom is 0.227 e. The second-order valence-electron chi connectivity index (χ2n) is 7.18. The van der Waals surface area contributed by atoms with Crippen LogP contribution in [0.25, 0.3) is 22.2 Å². The minimum absolute atomic E-state index is 0.648. The number of aromatic nitrogens is 1. The molecule has 28 heavy (non-hydrogen) atoms. The molecular formula is C24H26N3O+. The number of nitrogens with zero attached hydrogens (tertiary/aromatic N) is 1. The topological polar surface area (TPSA) is 56.5 Å². The maximum atomic E-state index is 6.08. The second kappa shape index (κ2) is 8.38. The van der Waals surface area contributed by atoms with Crippen molar-refractivity contribution in [2.24, 2.45) is 5.73 Å². The molecular weight excluding hydrogens is 346 g/mol. The molecule has 4 rings (SSSR count). The average Bonchev–Trinajstić information content (AvgIpc) is 3.08. The molecule has 1 unspecified atom stereocenters. The number of hydrogen-bond acceptors (Lipinski definition) is 3. The molecule has 0 saturated carbocycles. The third-order valence-electron chi connectivity index (χ3n) is 5.12. The van der Waals surface area contributed by atoms with Gasteiger partial charge in [-0.15, -0.1) is 0 Å². The SMILES string of the molecule is Cc1oc(-c2cccc3ccccc23)nc1C[NH+](CCN)Cc1ccccc1. The molecule has 3 N–H and O–H groups in total. The highest BCUT2D eigenvalue weighted by Gasteiger charge is 2.18. The van der Waals surface area contributed by atoms with Gasteiger partial charge in [0, 0.05) is 17.7 Å². The van der Waals surface area contributed by atoms with E-state index in [0.717, 1.165) is 42.0 Å². The van der Waals surface area contributed by atoms with E-state index in [1.165, 1.54) is 15.8 Å². The van der Waals surface area contributed by atoms with Gasteiger partial charge in [0.25, 0.3) is 0 Å². The number of nitrogens with one attached hydrogen (secondary N) is 1. The van der Waals surface area contributed by atoms with Crippen molar-refractivity contribution in [2.45, 2.75) is 20.0 Å². The fourth-order valence-electron chi connectivity index (χ4n) is 3.68. The molecule has 3 aromatic carbocycles. The van der Waals surface area contributed by atoms with Crippen molar-refractivity contribution in [3.8, 4) is 11.5 Å². The predicted molar refractivity (Wildman–Crippen MR) is 113 cm³/mol. The van der Waals surface area contributed by atoms with Crippen LogP contribution in [0.2, 0.25) is 0 Å². The number of quaternary nitrogens is 1. The van der Waals surface area contributed by atoms with E-state index in [4.69, 9.17) is 15.1 Å². The first kappa shape index (κ1) is 18.4. The summed E-state index contributed by atoms with van der Waals surface area (Å²) >= 11 is 0. The lowest BCUT2D eigenvalue weighted by atomic mass is 10.0. The highest BCUT2D eigenvalue weighted by Crippen LogP contribution is 2.29. The quantitative estimate of drug-likeness (QED) is 0.523. The Labute approximate surface area is 165 Å². The molecule has 1 heterocycles. The van der Waals surface area contributed by atoms with E-state index < -0.39 is 0 Å². The third-order valence-corrected chi connectivity index (χ3v) is 5.12. The minimum Gasteiger partial charge on any atom is -0.441 e. The molecule has 0 fully saturated rings. The van der Waals surface area contributed by atoms with E-state index in [0.29, 0.717) is 12.4 Å². The molecule has 4 aromatic rings. The van der Waals surface area contributed by atoms with Gasteiger partial charge in [0.2, 0.25) is 5.89 Å². The zero-order valence-electron chi connectivity index (χ0n) is 16.2. The Morgan fingerprint density at radius 1 is 0.893 bits per heavy atom. The van der Waals surface area contributed by atoms with Gasteiger partial charge in [0.1, 0.15) is 24.5 Å². The number of nitrogens with two attached hydrogens (primary N) is 1. The summed E-state index contributed by atoms with van der Waals surface area (Å²) in [7, 11) is 0. The number of benzene rings is 3. The summed E-state index contributed by atoms with van der Waals surface area (Å²) in [4.78, 5) is 6.25. The van der Waals surface area contributed by atoms with Crippen LogP contribution in [0.5, 0.6) is 0 Å². The van der Waals surface area contributed by atoms with Crippen LogP contribution in [-0.2, 0) is 13.1 Å². The largest absolute Gasteiger partial charge is 0.441 e. The van der Waals surface area contributed by atoms with Gasteiger partial charge in [-0.1, -0.05) is 66.7 Å². The monoisotopic (exact) mass is 372 g/mol. The van der Waals surface area contributed by atoms with Crippen LogP contribution in [0.15, 0.2) is 77.2 Å². The summed E-state index contributed by atoms with van der Waals surface area (Å²) in [5, 5.41) is 2.35. The molecule has 0 bridgehead atoms. The molecule has 1 atom stereocenters. The zero-order chi connectivity index (χ0) is 19.3. The third kappa shape index (κ3) is 3.98. The van der Waals surface area contributed by atoms with E-state index in [-0.39, 0.29) is 0 Å². The Bertz CT molecular complexity index is 1050. The van der Waals surface area contributed by atoms with Crippen LogP contribution in [0.3, 0.4) is 0 Å². The Kier molecular flexibility index (Phi) is 5.51. The standard InChI is InChI=1S/C24H25N3O/c1-18-23(17-27(15-14-25)16-19-8-3-2-4-9-19)26-24(28-18)22-13-7-11-20-10-5-6-12-21(20)22/h2-13H,14-17,25H2,1H3/p+1. The molecule has 0 spiro atoms. The molecule has 142 valence electrons. The predicted octanol–water partition coefficient (Wildman–Crippen LogP) is 3.35. The maximum absolute atomic E-state index is 6.08. The molecule has 0 aliphatic rings. The lowest BCUT2D eigenvalue weighted by Crippen LogP contribution is -3.10. The van der Waals surface area contributed by atoms with Gasteiger partial charge >= 0.3 is 0 Å². The molecule has 1 aromatic heterocycles. The van der Waals surface area contributed by atoms with Crippen LogP contribution in [0, 0.1) is 6.92 Å². The summed E-state index contributed by atoms with van der Waals surface area (Å²) in [5.41, 5.74) is 9.22. The van der Waals surface area contributed by atoms with Gasteiger partial charge in [-0.25, -0.2) is 4.98 Å². The first-order chi connectivity index (χ1) is 13.7. The number of rotatable bonds is 7. The Morgan fingerprint density at radius 2 is 1.64 bits per heavy atom. The lowest BCUT2D eigenvalue weighted by molar-refractivity contribution is -0.926. The fraction of sp³-hybridized carbons (Fsp3) is 0.208. The highest BCUT2D eigenvalue weighted by molar-refractivity contribution is 5.94. The lowest BCUT2D eigenvalue weighted by Gasteiger charge is -2.18. The summed E-state index contributed by atoms with van der Waals surface area (Å²) in [6.07, 6.45) is 0. The number of aryl methyl sites for hydroxylation is 1. The van der Waals surface area contributed by atoms with Crippen LogP contribution in [-0.4, -0.2) is 18.1 Å². The summed E-state index contributed by atoms with van der Waals surface area (Å²) in [6.45, 7) is 5.26. The second-order valence-corrected chi connectivity index (χ2v) is 7.18. The van der Waals surface area contributed by atoms with Crippen molar-refractivity contribution in [2.75, 3.05) is 13.1 Å². The zero-order valence-corrected chi connectivity index (χ0v) is 16.2. The number of fused-ring (bicyclic) bond motifs is 1. The molecule has 0 aliphatic heterocycles.